The van der Waals surface area contributed by atoms with E-state index in [1.165, 1.54) is 43.7 Å². The van der Waals surface area contributed by atoms with Crippen molar-refractivity contribution >= 4 is 33.3 Å². The topological polar surface area (TPSA) is 61.4 Å². The summed E-state index contributed by atoms with van der Waals surface area (Å²) < 4.78 is 0. The van der Waals surface area contributed by atoms with Crippen LogP contribution in [0.1, 0.15) is 34.5 Å². The lowest BCUT2D eigenvalue weighted by Crippen LogP contribution is -2.33. The van der Waals surface area contributed by atoms with Gasteiger partial charge in [0.15, 0.2) is 0 Å². The fourth-order valence-electron chi connectivity index (χ4n) is 3.62. The number of anilines is 1. The zero-order chi connectivity index (χ0) is 19.9. The lowest BCUT2D eigenvalue weighted by Gasteiger charge is -2.26. The molecule has 0 unspecified atom stereocenters. The van der Waals surface area contributed by atoms with Crippen molar-refractivity contribution in [2.75, 3.05) is 44.6 Å². The molecule has 1 saturated heterocycles. The number of hydrogen-bond acceptors (Lipinski definition) is 6. The van der Waals surface area contributed by atoms with E-state index in [0.717, 1.165) is 34.7 Å². The fraction of sp³-hybridized carbons (Fsp3) is 0.476. The highest BCUT2D eigenvalue weighted by Crippen LogP contribution is 2.34. The molecule has 0 aliphatic carbocycles. The van der Waals surface area contributed by atoms with Gasteiger partial charge in [-0.2, -0.15) is 0 Å². The molecule has 1 N–H and O–H groups in total. The van der Waals surface area contributed by atoms with Gasteiger partial charge in [0, 0.05) is 26.2 Å². The molecule has 0 atom stereocenters. The van der Waals surface area contributed by atoms with Crippen LogP contribution in [0.2, 0.25) is 0 Å². The van der Waals surface area contributed by atoms with E-state index in [1.54, 1.807) is 23.4 Å². The molecular formula is C21H29N5OS. The number of likely N-dealkylation sites (tertiary alicyclic amines) is 1. The SMILES string of the molecule is C=CCN(CC=C)C(=O)c1sc2ncnc(NCCN3CCCCC3)c2c1C. The summed E-state index contributed by atoms with van der Waals surface area (Å²) in [5.74, 6) is 0.799. The van der Waals surface area contributed by atoms with E-state index < -0.39 is 0 Å². The Bertz CT molecular complexity index is 831. The summed E-state index contributed by atoms with van der Waals surface area (Å²) in [6, 6.07) is 0. The molecule has 150 valence electrons. The number of amides is 1. The van der Waals surface area contributed by atoms with Crippen molar-refractivity contribution in [2.45, 2.75) is 26.2 Å². The molecule has 0 spiro atoms. The molecular weight excluding hydrogens is 370 g/mol. The maximum Gasteiger partial charge on any atom is 0.264 e. The summed E-state index contributed by atoms with van der Waals surface area (Å²) >= 11 is 1.43. The molecule has 7 heteroatoms. The number of aryl methyl sites for hydroxylation is 1. The number of hydrogen-bond donors (Lipinski definition) is 1. The Labute approximate surface area is 171 Å². The maximum absolute atomic E-state index is 13.0. The number of carbonyl (C=O) groups is 1. The molecule has 0 aromatic carbocycles. The Morgan fingerprint density at radius 2 is 1.96 bits per heavy atom. The number of nitrogens with zero attached hydrogens (tertiary/aromatic N) is 4. The highest BCUT2D eigenvalue weighted by molar-refractivity contribution is 7.20. The second kappa shape index (κ2) is 9.80. The lowest BCUT2D eigenvalue weighted by molar-refractivity contribution is 0.0795. The van der Waals surface area contributed by atoms with Gasteiger partial charge < -0.3 is 15.1 Å². The van der Waals surface area contributed by atoms with Crippen molar-refractivity contribution in [2.24, 2.45) is 0 Å². The summed E-state index contributed by atoms with van der Waals surface area (Å²) in [4.78, 5) is 27.6. The van der Waals surface area contributed by atoms with Crippen LogP contribution in [0.5, 0.6) is 0 Å². The quantitative estimate of drug-likeness (QED) is 0.651. The summed E-state index contributed by atoms with van der Waals surface area (Å²) in [7, 11) is 0. The number of fused-ring (bicyclic) bond motifs is 1. The second-order valence-electron chi connectivity index (χ2n) is 7.08. The first-order valence-electron chi connectivity index (χ1n) is 9.87. The Morgan fingerprint density at radius 1 is 1.25 bits per heavy atom. The monoisotopic (exact) mass is 399 g/mol. The van der Waals surface area contributed by atoms with E-state index in [-0.39, 0.29) is 5.91 Å². The third-order valence-corrected chi connectivity index (χ3v) is 6.26. The van der Waals surface area contributed by atoms with Gasteiger partial charge in [-0.05, 0) is 38.4 Å². The van der Waals surface area contributed by atoms with Crippen molar-refractivity contribution in [3.8, 4) is 0 Å². The van der Waals surface area contributed by atoms with Gasteiger partial charge in [0.25, 0.3) is 5.91 Å². The van der Waals surface area contributed by atoms with Gasteiger partial charge in [0.2, 0.25) is 0 Å². The maximum atomic E-state index is 13.0. The van der Waals surface area contributed by atoms with Crippen molar-refractivity contribution in [3.63, 3.8) is 0 Å². The molecule has 3 heterocycles. The van der Waals surface area contributed by atoms with E-state index in [9.17, 15) is 4.79 Å². The summed E-state index contributed by atoms with van der Waals surface area (Å²) in [6.07, 6.45) is 8.96. The molecule has 0 bridgehead atoms. The van der Waals surface area contributed by atoms with E-state index in [4.69, 9.17) is 0 Å². The summed E-state index contributed by atoms with van der Waals surface area (Å²) in [5, 5.41) is 4.41. The highest BCUT2D eigenvalue weighted by atomic mass is 32.1. The molecule has 1 fully saturated rings. The van der Waals surface area contributed by atoms with Crippen LogP contribution in [-0.4, -0.2) is 64.9 Å². The summed E-state index contributed by atoms with van der Waals surface area (Å²) in [6.45, 7) is 14.7. The zero-order valence-electron chi connectivity index (χ0n) is 16.6. The Hall–Kier alpha value is -2.25. The first-order chi connectivity index (χ1) is 13.7. The molecule has 0 radical (unpaired) electrons. The molecule has 3 rings (SSSR count). The third-order valence-electron chi connectivity index (χ3n) is 5.08. The molecule has 6 nitrogen and oxygen atoms in total. The number of nitrogens with one attached hydrogen (secondary N) is 1. The number of aromatic nitrogens is 2. The molecule has 1 amide bonds. The number of carbonyl (C=O) groups excluding carboxylic acids is 1. The van der Waals surface area contributed by atoms with Crippen LogP contribution in [0, 0.1) is 6.92 Å². The molecule has 1 aliphatic heterocycles. The Kier molecular flexibility index (Phi) is 7.17. The van der Waals surface area contributed by atoms with Crippen LogP contribution in [0.4, 0.5) is 5.82 Å². The van der Waals surface area contributed by atoms with E-state index in [1.807, 2.05) is 6.92 Å². The van der Waals surface area contributed by atoms with Crippen molar-refractivity contribution in [1.29, 1.82) is 0 Å². The van der Waals surface area contributed by atoms with E-state index in [0.29, 0.717) is 18.0 Å². The molecule has 28 heavy (non-hydrogen) atoms. The van der Waals surface area contributed by atoms with Gasteiger partial charge in [-0.1, -0.05) is 18.6 Å². The van der Waals surface area contributed by atoms with E-state index in [2.05, 4.69) is 33.3 Å². The second-order valence-corrected chi connectivity index (χ2v) is 8.07. The minimum absolute atomic E-state index is 0.0143. The Balaban J connectivity index is 1.78. The first-order valence-corrected chi connectivity index (χ1v) is 10.7. The zero-order valence-corrected chi connectivity index (χ0v) is 17.4. The smallest absolute Gasteiger partial charge is 0.264 e. The fourth-order valence-corrected chi connectivity index (χ4v) is 4.74. The average molecular weight is 400 g/mol. The van der Waals surface area contributed by atoms with Gasteiger partial charge in [0.05, 0.1) is 10.3 Å². The van der Waals surface area contributed by atoms with Crippen LogP contribution >= 0.6 is 11.3 Å². The van der Waals surface area contributed by atoms with Crippen LogP contribution in [0.15, 0.2) is 31.6 Å². The molecule has 1 aliphatic rings. The van der Waals surface area contributed by atoms with Crippen LogP contribution in [0.25, 0.3) is 10.2 Å². The molecule has 0 saturated carbocycles. The van der Waals surface area contributed by atoms with Gasteiger partial charge in [-0.3, -0.25) is 4.79 Å². The van der Waals surface area contributed by atoms with Crippen molar-refractivity contribution < 1.29 is 4.79 Å². The first kappa shape index (κ1) is 20.5. The van der Waals surface area contributed by atoms with Crippen molar-refractivity contribution in [1.82, 2.24) is 19.8 Å². The Morgan fingerprint density at radius 3 is 2.64 bits per heavy atom. The van der Waals surface area contributed by atoms with Gasteiger partial charge >= 0.3 is 0 Å². The van der Waals surface area contributed by atoms with Crippen LogP contribution in [-0.2, 0) is 0 Å². The lowest BCUT2D eigenvalue weighted by atomic mass is 10.1. The molecule has 2 aromatic rings. The predicted molar refractivity (Wildman–Crippen MR) is 117 cm³/mol. The number of thiophene rings is 1. The predicted octanol–water partition coefficient (Wildman–Crippen LogP) is 3.71. The number of rotatable bonds is 9. The van der Waals surface area contributed by atoms with Crippen LogP contribution in [0.3, 0.4) is 0 Å². The van der Waals surface area contributed by atoms with E-state index >= 15 is 0 Å². The van der Waals surface area contributed by atoms with Gasteiger partial charge in [-0.25, -0.2) is 9.97 Å². The minimum Gasteiger partial charge on any atom is -0.368 e. The molecule has 2 aromatic heterocycles. The van der Waals surface area contributed by atoms with Crippen molar-refractivity contribution in [3.05, 3.63) is 42.1 Å². The number of piperidine rings is 1. The standard InChI is InChI=1S/C21H29N5OS/c1-4-10-26(11-5-2)21(27)18-16(3)17-19(23-15-24-20(17)28-18)22-9-14-25-12-7-6-8-13-25/h4-5,15H,1-2,6-14H2,3H3,(H,22,23,24). The third kappa shape index (κ3) is 4.59. The minimum atomic E-state index is -0.0143. The average Bonchev–Trinajstić information content (AvgIpc) is 3.05. The van der Waals surface area contributed by atoms with Gasteiger partial charge in [-0.15, -0.1) is 24.5 Å². The highest BCUT2D eigenvalue weighted by Gasteiger charge is 2.22. The largest absolute Gasteiger partial charge is 0.368 e. The summed E-state index contributed by atoms with van der Waals surface area (Å²) in [5.41, 5.74) is 0.934. The normalized spacial score (nSPS) is 14.8. The van der Waals surface area contributed by atoms with Crippen LogP contribution < -0.4 is 5.32 Å². The van der Waals surface area contributed by atoms with Gasteiger partial charge in [0.1, 0.15) is 17.0 Å².